The molecule has 4 rings (SSSR count). The van der Waals surface area contributed by atoms with E-state index in [0.717, 1.165) is 37.7 Å². The summed E-state index contributed by atoms with van der Waals surface area (Å²) in [5.74, 6) is -2.01. The van der Waals surface area contributed by atoms with Crippen LogP contribution in [0.3, 0.4) is 0 Å². The van der Waals surface area contributed by atoms with Gasteiger partial charge < -0.3 is 22.1 Å². The number of nitrogens with two attached hydrogens (primary N) is 2. The number of rotatable bonds is 11. The number of amides is 3. The maximum Gasteiger partial charge on any atom is 0.289 e. The van der Waals surface area contributed by atoms with Crippen LogP contribution in [0.15, 0.2) is 30.3 Å². The average Bonchev–Trinajstić information content (AvgIpc) is 3.36. The molecule has 0 spiro atoms. The first-order valence-electron chi connectivity index (χ1n) is 14.1. The molecule has 208 valence electrons. The van der Waals surface area contributed by atoms with E-state index < -0.39 is 35.2 Å². The predicted molar refractivity (Wildman–Crippen MR) is 143 cm³/mol. The summed E-state index contributed by atoms with van der Waals surface area (Å²) in [5, 5.41) is 9.05. The second-order valence-corrected chi connectivity index (χ2v) is 11.0. The van der Waals surface area contributed by atoms with E-state index in [1.807, 2.05) is 35.3 Å². The molecule has 10 heteroatoms. The Morgan fingerprint density at radius 3 is 2.47 bits per heavy atom. The first-order chi connectivity index (χ1) is 18.3. The SMILES string of the molecule is NCCCC[C@H](NC(=O)[C@@H]1CCN2CC[C@@](N)(Cc3ccccc3)C(=O)N12)C(=O)C(=O)NC1CCCCC1. The molecule has 0 unspecified atom stereocenters. The molecule has 2 aliphatic heterocycles. The van der Waals surface area contributed by atoms with Crippen molar-refractivity contribution in [3.63, 3.8) is 0 Å². The lowest BCUT2D eigenvalue weighted by Crippen LogP contribution is -2.67. The Hall–Kier alpha value is -2.82. The summed E-state index contributed by atoms with van der Waals surface area (Å²) in [6.07, 6.45) is 7.85. The number of hydrogen-bond donors (Lipinski definition) is 4. The fraction of sp³-hybridized carbons (Fsp3) is 0.643. The van der Waals surface area contributed by atoms with Crippen LogP contribution in [0.2, 0.25) is 0 Å². The molecule has 0 bridgehead atoms. The number of carbonyl (C=O) groups excluding carboxylic acids is 4. The zero-order valence-corrected chi connectivity index (χ0v) is 22.2. The molecular weight excluding hydrogens is 484 g/mol. The molecule has 2 saturated heterocycles. The van der Waals surface area contributed by atoms with E-state index in [-0.39, 0.29) is 11.9 Å². The van der Waals surface area contributed by atoms with Crippen molar-refractivity contribution in [3.8, 4) is 0 Å². The highest BCUT2D eigenvalue weighted by Gasteiger charge is 2.51. The van der Waals surface area contributed by atoms with Gasteiger partial charge in [-0.3, -0.25) is 24.2 Å². The van der Waals surface area contributed by atoms with Crippen LogP contribution in [0.5, 0.6) is 0 Å². The minimum atomic E-state index is -1.11. The Morgan fingerprint density at radius 1 is 1.03 bits per heavy atom. The number of nitrogens with zero attached hydrogens (tertiary/aromatic N) is 2. The third-order valence-electron chi connectivity index (χ3n) is 8.12. The standard InChI is InChI=1S/C28H42N6O4/c29-16-8-7-13-22(24(35)26(37)31-21-11-5-2-6-12-21)32-25(36)23-14-17-33-18-15-28(30,27(38)34(23)33)19-20-9-3-1-4-10-20/h1,3-4,9-10,21-23H,2,5-8,11-19,29-30H2,(H,31,37)(H,32,36)/t22-,23-,28+/m0/s1. The van der Waals surface area contributed by atoms with Crippen molar-refractivity contribution in [2.24, 2.45) is 11.5 Å². The fourth-order valence-electron chi connectivity index (χ4n) is 5.91. The summed E-state index contributed by atoms with van der Waals surface area (Å²) >= 11 is 0. The lowest BCUT2D eigenvalue weighted by atomic mass is 9.85. The molecule has 3 fully saturated rings. The molecule has 10 nitrogen and oxygen atoms in total. The number of unbranched alkanes of at least 4 members (excludes halogenated alkanes) is 1. The first-order valence-corrected chi connectivity index (χ1v) is 14.1. The molecule has 6 N–H and O–H groups in total. The number of hydrazine groups is 1. The number of Topliss-reactive ketones (excluding diaryl/α,β-unsaturated/α-hetero) is 1. The van der Waals surface area contributed by atoms with Crippen LogP contribution in [-0.2, 0) is 25.6 Å². The van der Waals surface area contributed by atoms with Crippen molar-refractivity contribution in [3.05, 3.63) is 35.9 Å². The number of nitrogens with one attached hydrogen (secondary N) is 2. The molecule has 1 aromatic carbocycles. The quantitative estimate of drug-likeness (QED) is 0.246. The van der Waals surface area contributed by atoms with Gasteiger partial charge in [0.05, 0.1) is 6.04 Å². The van der Waals surface area contributed by atoms with Crippen molar-refractivity contribution in [1.29, 1.82) is 0 Å². The number of fused-ring (bicyclic) bond motifs is 1. The van der Waals surface area contributed by atoms with Gasteiger partial charge in [0.25, 0.3) is 11.8 Å². The summed E-state index contributed by atoms with van der Waals surface area (Å²) in [4.78, 5) is 53.1. The van der Waals surface area contributed by atoms with Gasteiger partial charge in [0.1, 0.15) is 11.6 Å². The Bertz CT molecular complexity index is 998. The molecule has 3 aliphatic rings. The summed E-state index contributed by atoms with van der Waals surface area (Å²) in [5.41, 5.74) is 12.1. The van der Waals surface area contributed by atoms with Crippen molar-refractivity contribution >= 4 is 23.5 Å². The second kappa shape index (κ2) is 12.8. The number of carbonyl (C=O) groups is 4. The number of benzene rings is 1. The van der Waals surface area contributed by atoms with Crippen molar-refractivity contribution < 1.29 is 19.2 Å². The Labute approximate surface area is 224 Å². The van der Waals surface area contributed by atoms with E-state index >= 15 is 0 Å². The van der Waals surface area contributed by atoms with E-state index in [2.05, 4.69) is 10.6 Å². The molecule has 1 aromatic rings. The summed E-state index contributed by atoms with van der Waals surface area (Å²) in [6, 6.07) is 7.89. The topological polar surface area (TPSA) is 151 Å². The molecule has 0 radical (unpaired) electrons. The van der Waals surface area contributed by atoms with Gasteiger partial charge in [-0.1, -0.05) is 49.6 Å². The summed E-state index contributed by atoms with van der Waals surface area (Å²) < 4.78 is 0. The van der Waals surface area contributed by atoms with Gasteiger partial charge in [-0.05, 0) is 63.5 Å². The monoisotopic (exact) mass is 526 g/mol. The maximum atomic E-state index is 13.6. The van der Waals surface area contributed by atoms with Crippen LogP contribution in [0, 0.1) is 0 Å². The predicted octanol–water partition coefficient (Wildman–Crippen LogP) is 0.780. The lowest BCUT2D eigenvalue weighted by Gasteiger charge is -2.44. The molecule has 38 heavy (non-hydrogen) atoms. The van der Waals surface area contributed by atoms with Crippen LogP contribution in [-0.4, -0.2) is 76.8 Å². The minimum Gasteiger partial charge on any atom is -0.347 e. The number of ketones is 1. The highest BCUT2D eigenvalue weighted by Crippen LogP contribution is 2.31. The maximum absolute atomic E-state index is 13.6. The molecule has 1 saturated carbocycles. The van der Waals surface area contributed by atoms with Gasteiger partial charge in [0.15, 0.2) is 0 Å². The molecule has 3 amide bonds. The Balaban J connectivity index is 1.43. The highest BCUT2D eigenvalue weighted by molar-refractivity contribution is 6.38. The zero-order chi connectivity index (χ0) is 27.1. The van der Waals surface area contributed by atoms with Crippen LogP contribution >= 0.6 is 0 Å². The van der Waals surface area contributed by atoms with Gasteiger partial charge >= 0.3 is 0 Å². The van der Waals surface area contributed by atoms with Gasteiger partial charge in [-0.15, -0.1) is 0 Å². The van der Waals surface area contributed by atoms with E-state index in [9.17, 15) is 19.2 Å². The van der Waals surface area contributed by atoms with E-state index in [1.54, 1.807) is 0 Å². The van der Waals surface area contributed by atoms with Crippen LogP contribution in [0.25, 0.3) is 0 Å². The first kappa shape index (κ1) is 28.2. The molecule has 1 aliphatic carbocycles. The fourth-order valence-corrected chi connectivity index (χ4v) is 5.91. The van der Waals surface area contributed by atoms with Crippen molar-refractivity contribution in [2.45, 2.75) is 94.3 Å². The van der Waals surface area contributed by atoms with Crippen LogP contribution in [0.4, 0.5) is 0 Å². The van der Waals surface area contributed by atoms with Gasteiger partial charge in [-0.2, -0.15) is 0 Å². The van der Waals surface area contributed by atoms with Crippen molar-refractivity contribution in [2.75, 3.05) is 19.6 Å². The van der Waals surface area contributed by atoms with Gasteiger partial charge in [0, 0.05) is 19.1 Å². The summed E-state index contributed by atoms with van der Waals surface area (Å²) in [6.45, 7) is 1.59. The van der Waals surface area contributed by atoms with E-state index in [0.29, 0.717) is 58.2 Å². The molecule has 3 atom stereocenters. The van der Waals surface area contributed by atoms with Gasteiger partial charge in [-0.25, -0.2) is 5.01 Å². The molecule has 2 heterocycles. The van der Waals surface area contributed by atoms with E-state index in [4.69, 9.17) is 11.5 Å². The van der Waals surface area contributed by atoms with Crippen LogP contribution in [0.1, 0.15) is 69.8 Å². The lowest BCUT2D eigenvalue weighted by molar-refractivity contribution is -0.165. The highest BCUT2D eigenvalue weighted by atomic mass is 16.2. The van der Waals surface area contributed by atoms with Gasteiger partial charge in [0.2, 0.25) is 11.7 Å². The summed E-state index contributed by atoms with van der Waals surface area (Å²) in [7, 11) is 0. The normalized spacial score (nSPS) is 25.1. The molecule has 0 aromatic heterocycles. The van der Waals surface area contributed by atoms with Crippen LogP contribution < -0.4 is 22.1 Å². The Morgan fingerprint density at radius 2 is 1.76 bits per heavy atom. The largest absolute Gasteiger partial charge is 0.347 e. The second-order valence-electron chi connectivity index (χ2n) is 11.0. The minimum absolute atomic E-state index is 0.00255. The average molecular weight is 527 g/mol. The number of hydrogen-bond acceptors (Lipinski definition) is 7. The third kappa shape index (κ3) is 6.59. The van der Waals surface area contributed by atoms with E-state index in [1.165, 1.54) is 5.01 Å². The third-order valence-corrected chi connectivity index (χ3v) is 8.12. The smallest absolute Gasteiger partial charge is 0.289 e. The Kier molecular flexibility index (Phi) is 9.51. The van der Waals surface area contributed by atoms with Crippen molar-refractivity contribution in [1.82, 2.24) is 20.7 Å². The molecular formula is C28H42N6O4. The zero-order valence-electron chi connectivity index (χ0n) is 22.2.